The summed E-state index contributed by atoms with van der Waals surface area (Å²) in [6, 6.07) is 13.2. The van der Waals surface area contributed by atoms with Gasteiger partial charge in [0.2, 0.25) is 5.91 Å². The van der Waals surface area contributed by atoms with Crippen LogP contribution in [0.5, 0.6) is 0 Å². The van der Waals surface area contributed by atoms with E-state index >= 15 is 0 Å². The molecule has 2 aromatic carbocycles. The summed E-state index contributed by atoms with van der Waals surface area (Å²) in [6.07, 6.45) is 0. The quantitative estimate of drug-likeness (QED) is 0.802. The molecule has 6 nitrogen and oxygen atoms in total. The van der Waals surface area contributed by atoms with Gasteiger partial charge < -0.3 is 5.32 Å². The van der Waals surface area contributed by atoms with Crippen molar-refractivity contribution < 1.29 is 9.59 Å². The number of amidine groups is 2. The molecule has 0 unspecified atom stereocenters. The highest BCUT2D eigenvalue weighted by Crippen LogP contribution is 2.34. The first kappa shape index (κ1) is 20.3. The van der Waals surface area contributed by atoms with E-state index < -0.39 is 6.04 Å². The van der Waals surface area contributed by atoms with Crippen molar-refractivity contribution in [1.82, 2.24) is 4.90 Å². The maximum absolute atomic E-state index is 13.0. The number of nitrogens with zero attached hydrogens (tertiary/aromatic N) is 3. The number of aryl methyl sites for hydroxylation is 2. The summed E-state index contributed by atoms with van der Waals surface area (Å²) in [5.74, 6) is 0.633. The van der Waals surface area contributed by atoms with E-state index in [1.807, 2.05) is 64.1 Å². The van der Waals surface area contributed by atoms with Crippen molar-refractivity contribution in [1.29, 1.82) is 0 Å². The summed E-state index contributed by atoms with van der Waals surface area (Å²) in [5, 5.41) is 3.43. The molecule has 2 aromatic rings. The number of fused-ring (bicyclic) bond motifs is 3. The van der Waals surface area contributed by atoms with Gasteiger partial charge >= 0.3 is 0 Å². The van der Waals surface area contributed by atoms with Crippen LogP contribution in [0.4, 0.5) is 11.4 Å². The average molecular weight is 421 g/mol. The number of hydrogen-bond donors (Lipinski definition) is 1. The van der Waals surface area contributed by atoms with Gasteiger partial charge in [0.05, 0.1) is 11.4 Å². The van der Waals surface area contributed by atoms with Crippen LogP contribution in [0.3, 0.4) is 0 Å². The number of anilines is 1. The van der Waals surface area contributed by atoms with Crippen LogP contribution < -0.4 is 5.32 Å². The van der Waals surface area contributed by atoms with Crippen LogP contribution in [0.25, 0.3) is 0 Å². The van der Waals surface area contributed by atoms with Crippen LogP contribution >= 0.6 is 11.8 Å². The van der Waals surface area contributed by atoms with Gasteiger partial charge in [-0.25, -0.2) is 9.89 Å². The van der Waals surface area contributed by atoms with Gasteiger partial charge in [-0.1, -0.05) is 43.8 Å². The standard InChI is InChI=1S/C23H24N4O2S/c1-13(2)20-22(29)27-21(26-20)17-7-5-6-8-18(17)25-23(27)30-12-19(28)24-16-10-14(3)9-15(4)11-16/h5-11,13,20H,12H2,1-4H3,(H,24,28)/t20-/m0/s1. The van der Waals surface area contributed by atoms with Crippen molar-refractivity contribution >= 4 is 46.0 Å². The van der Waals surface area contributed by atoms with Crippen molar-refractivity contribution in [3.63, 3.8) is 0 Å². The molecule has 0 radical (unpaired) electrons. The smallest absolute Gasteiger partial charge is 0.259 e. The molecule has 2 amide bonds. The predicted octanol–water partition coefficient (Wildman–Crippen LogP) is 4.29. The predicted molar refractivity (Wildman–Crippen MR) is 123 cm³/mol. The number of carbonyl (C=O) groups is 2. The molecule has 0 aromatic heterocycles. The van der Waals surface area contributed by atoms with E-state index in [4.69, 9.17) is 4.99 Å². The summed E-state index contributed by atoms with van der Waals surface area (Å²) < 4.78 is 0. The Morgan fingerprint density at radius 3 is 2.57 bits per heavy atom. The molecule has 2 aliphatic heterocycles. The van der Waals surface area contributed by atoms with Gasteiger partial charge in [-0.2, -0.15) is 0 Å². The molecule has 0 saturated carbocycles. The summed E-state index contributed by atoms with van der Waals surface area (Å²) in [6.45, 7) is 7.96. The minimum absolute atomic E-state index is 0.0851. The van der Waals surface area contributed by atoms with Crippen molar-refractivity contribution in [2.75, 3.05) is 11.1 Å². The highest BCUT2D eigenvalue weighted by Gasteiger charge is 2.42. The normalized spacial score (nSPS) is 17.4. The Morgan fingerprint density at radius 2 is 1.87 bits per heavy atom. The zero-order chi connectivity index (χ0) is 21.4. The van der Waals surface area contributed by atoms with E-state index in [-0.39, 0.29) is 23.5 Å². The van der Waals surface area contributed by atoms with E-state index in [0.717, 1.165) is 28.1 Å². The molecule has 154 valence electrons. The van der Waals surface area contributed by atoms with Crippen LogP contribution in [0.2, 0.25) is 0 Å². The van der Waals surface area contributed by atoms with Crippen LogP contribution in [-0.4, -0.2) is 39.5 Å². The van der Waals surface area contributed by atoms with Crippen LogP contribution in [0, 0.1) is 19.8 Å². The lowest BCUT2D eigenvalue weighted by molar-refractivity contribution is -0.125. The first-order valence-electron chi connectivity index (χ1n) is 9.94. The number of hydrogen-bond acceptors (Lipinski definition) is 5. The monoisotopic (exact) mass is 420 g/mol. The van der Waals surface area contributed by atoms with Gasteiger partial charge in [0, 0.05) is 11.3 Å². The van der Waals surface area contributed by atoms with Crippen LogP contribution in [0.15, 0.2) is 52.4 Å². The van der Waals surface area contributed by atoms with Gasteiger partial charge in [0.15, 0.2) is 5.17 Å². The number of aliphatic imine (C=N–C) groups is 2. The Balaban J connectivity index is 1.55. The van der Waals surface area contributed by atoms with Crippen molar-refractivity contribution in [3.8, 4) is 0 Å². The van der Waals surface area contributed by atoms with Gasteiger partial charge in [-0.3, -0.25) is 14.6 Å². The molecule has 4 rings (SSSR count). The topological polar surface area (TPSA) is 74.1 Å². The Labute approximate surface area is 180 Å². The number of rotatable bonds is 4. The summed E-state index contributed by atoms with van der Waals surface area (Å²) in [5.41, 5.74) is 4.57. The third kappa shape index (κ3) is 3.89. The number of para-hydroxylation sites is 1. The second kappa shape index (κ2) is 8.07. The third-order valence-electron chi connectivity index (χ3n) is 4.97. The summed E-state index contributed by atoms with van der Waals surface area (Å²) in [7, 11) is 0. The number of carbonyl (C=O) groups excluding carboxylic acids is 2. The molecule has 30 heavy (non-hydrogen) atoms. The molecule has 0 bridgehead atoms. The lowest BCUT2D eigenvalue weighted by atomic mass is 10.1. The number of amides is 2. The molecule has 2 heterocycles. The molecular formula is C23H24N4O2S. The molecule has 0 aliphatic carbocycles. The minimum Gasteiger partial charge on any atom is -0.325 e. The molecule has 0 saturated heterocycles. The van der Waals surface area contributed by atoms with Gasteiger partial charge in [-0.15, -0.1) is 0 Å². The number of benzene rings is 2. The van der Waals surface area contributed by atoms with Gasteiger partial charge in [0.1, 0.15) is 11.9 Å². The zero-order valence-corrected chi connectivity index (χ0v) is 18.3. The summed E-state index contributed by atoms with van der Waals surface area (Å²) in [4.78, 5) is 36.5. The minimum atomic E-state index is -0.430. The van der Waals surface area contributed by atoms with Crippen LogP contribution in [-0.2, 0) is 9.59 Å². The molecule has 0 spiro atoms. The third-order valence-corrected chi connectivity index (χ3v) is 5.91. The Kier molecular flexibility index (Phi) is 5.47. The zero-order valence-electron chi connectivity index (χ0n) is 17.5. The largest absolute Gasteiger partial charge is 0.325 e. The van der Waals surface area contributed by atoms with Gasteiger partial charge in [-0.05, 0) is 55.2 Å². The molecule has 1 N–H and O–H groups in total. The van der Waals surface area contributed by atoms with E-state index in [0.29, 0.717) is 11.0 Å². The fourth-order valence-electron chi connectivity index (χ4n) is 3.67. The Bertz CT molecular complexity index is 1070. The van der Waals surface area contributed by atoms with Crippen LogP contribution in [0.1, 0.15) is 30.5 Å². The molecule has 0 fully saturated rings. The molecule has 2 aliphatic rings. The summed E-state index contributed by atoms with van der Waals surface area (Å²) >= 11 is 1.25. The fourth-order valence-corrected chi connectivity index (χ4v) is 4.48. The molecule has 7 heteroatoms. The SMILES string of the molecule is Cc1cc(C)cc(NC(=O)CSC2=Nc3ccccc3C3=N[C@@H](C(C)C)C(=O)N23)c1. The Hall–Kier alpha value is -2.93. The van der Waals surface area contributed by atoms with Crippen molar-refractivity contribution in [2.45, 2.75) is 33.7 Å². The van der Waals surface area contributed by atoms with E-state index in [1.165, 1.54) is 11.8 Å². The first-order valence-corrected chi connectivity index (χ1v) is 10.9. The molecule has 1 atom stereocenters. The number of nitrogens with one attached hydrogen (secondary N) is 1. The van der Waals surface area contributed by atoms with Gasteiger partial charge in [0.25, 0.3) is 5.91 Å². The van der Waals surface area contributed by atoms with E-state index in [2.05, 4.69) is 16.4 Å². The first-order chi connectivity index (χ1) is 14.3. The highest BCUT2D eigenvalue weighted by atomic mass is 32.2. The lowest BCUT2D eigenvalue weighted by Gasteiger charge is -2.25. The second-order valence-electron chi connectivity index (χ2n) is 7.94. The van der Waals surface area contributed by atoms with E-state index in [1.54, 1.807) is 4.90 Å². The van der Waals surface area contributed by atoms with Crippen molar-refractivity contribution in [3.05, 3.63) is 59.2 Å². The molecular weight excluding hydrogens is 396 g/mol. The average Bonchev–Trinajstić information content (AvgIpc) is 3.03. The number of thioether (sulfide) groups is 1. The van der Waals surface area contributed by atoms with Crippen molar-refractivity contribution in [2.24, 2.45) is 15.9 Å². The second-order valence-corrected chi connectivity index (χ2v) is 8.88. The maximum Gasteiger partial charge on any atom is 0.259 e. The van der Waals surface area contributed by atoms with E-state index in [9.17, 15) is 9.59 Å². The lowest BCUT2D eigenvalue weighted by Crippen LogP contribution is -2.42. The Morgan fingerprint density at radius 1 is 1.17 bits per heavy atom. The highest BCUT2D eigenvalue weighted by molar-refractivity contribution is 8.14. The fraction of sp³-hybridized carbons (Fsp3) is 0.304. The maximum atomic E-state index is 13.0.